The van der Waals surface area contributed by atoms with E-state index in [2.05, 4.69) is 37.2 Å². The number of hydrogen-bond donors (Lipinski definition) is 1. The summed E-state index contributed by atoms with van der Waals surface area (Å²) in [5.41, 5.74) is 1.92. The van der Waals surface area contributed by atoms with Crippen LogP contribution in [-0.4, -0.2) is 35.4 Å². The van der Waals surface area contributed by atoms with Crippen molar-refractivity contribution in [2.45, 2.75) is 50.7 Å². The molecule has 4 rings (SSSR count). The number of halogens is 3. The smallest absolute Gasteiger partial charge is 0.261 e. The van der Waals surface area contributed by atoms with Gasteiger partial charge < -0.3 is 15.0 Å². The molecule has 0 heterocycles. The summed E-state index contributed by atoms with van der Waals surface area (Å²) in [5, 5.41) is 3.78. The maximum absolute atomic E-state index is 13.7. The Morgan fingerprint density at radius 2 is 1.68 bits per heavy atom. The van der Waals surface area contributed by atoms with E-state index in [4.69, 9.17) is 16.3 Å². The van der Waals surface area contributed by atoms with Crippen molar-refractivity contribution >= 4 is 55.3 Å². The van der Waals surface area contributed by atoms with Crippen molar-refractivity contribution in [1.82, 2.24) is 10.2 Å². The van der Waals surface area contributed by atoms with E-state index < -0.39 is 6.04 Å². The molecule has 0 saturated heterocycles. The van der Waals surface area contributed by atoms with Crippen LogP contribution in [0, 0.1) is 0 Å². The molecule has 0 bridgehead atoms. The van der Waals surface area contributed by atoms with Crippen LogP contribution in [0.4, 0.5) is 0 Å². The molecule has 8 heteroatoms. The lowest BCUT2D eigenvalue weighted by Gasteiger charge is -2.32. The summed E-state index contributed by atoms with van der Waals surface area (Å²) < 4.78 is 7.48. The van der Waals surface area contributed by atoms with E-state index in [1.807, 2.05) is 54.6 Å². The number of carbonyl (C=O) groups excluding carboxylic acids is 2. The highest BCUT2D eigenvalue weighted by Crippen LogP contribution is 2.28. The van der Waals surface area contributed by atoms with Crippen LogP contribution in [0.1, 0.15) is 36.8 Å². The fourth-order valence-corrected chi connectivity index (χ4v) is 5.58. The average Bonchev–Trinajstić information content (AvgIpc) is 3.40. The van der Waals surface area contributed by atoms with E-state index in [0.29, 0.717) is 21.7 Å². The number of nitrogens with zero attached hydrogens (tertiary/aromatic N) is 1. The van der Waals surface area contributed by atoms with Gasteiger partial charge in [-0.05, 0) is 70.2 Å². The lowest BCUT2D eigenvalue weighted by atomic mass is 10.0. The molecule has 3 aromatic rings. The van der Waals surface area contributed by atoms with Crippen LogP contribution in [0.5, 0.6) is 5.75 Å². The summed E-state index contributed by atoms with van der Waals surface area (Å²) in [6.45, 7) is 0.0750. The highest BCUT2D eigenvalue weighted by Gasteiger charge is 2.32. The highest BCUT2D eigenvalue weighted by molar-refractivity contribution is 9.10. The van der Waals surface area contributed by atoms with Crippen LogP contribution in [0.15, 0.2) is 81.7 Å². The molecule has 0 spiro atoms. The third-order valence-electron chi connectivity index (χ3n) is 6.48. The molecule has 1 unspecified atom stereocenters. The molecule has 3 aromatic carbocycles. The standard InChI is InChI=1S/C29H29Br2ClN2O3/c30-22-12-10-21(11-13-22)18-34(28(35)19-37-27-15-14-23(32)17-25(27)31)26(16-20-6-2-1-3-7-20)29(36)33-24-8-4-5-9-24/h1-3,6-7,10-15,17,24,26H,4-5,8-9,16,18-19H2,(H,33,36). The van der Waals surface area contributed by atoms with Crippen LogP contribution in [0.25, 0.3) is 0 Å². The number of nitrogens with one attached hydrogen (secondary N) is 1. The van der Waals surface area contributed by atoms with Gasteiger partial charge in [-0.15, -0.1) is 0 Å². The molecule has 37 heavy (non-hydrogen) atoms. The molecule has 0 aromatic heterocycles. The fourth-order valence-electron chi connectivity index (χ4n) is 4.52. The normalized spacial score (nSPS) is 14.2. The Hall–Kier alpha value is -2.35. The second-order valence-electron chi connectivity index (χ2n) is 9.21. The zero-order valence-electron chi connectivity index (χ0n) is 20.3. The number of amides is 2. The van der Waals surface area contributed by atoms with E-state index >= 15 is 0 Å². The van der Waals surface area contributed by atoms with Gasteiger partial charge in [0, 0.05) is 28.5 Å². The van der Waals surface area contributed by atoms with Crippen LogP contribution in [0.3, 0.4) is 0 Å². The molecule has 0 aliphatic heterocycles. The van der Waals surface area contributed by atoms with Gasteiger partial charge in [0.1, 0.15) is 11.8 Å². The van der Waals surface area contributed by atoms with Crippen LogP contribution in [-0.2, 0) is 22.6 Å². The quantitative estimate of drug-likeness (QED) is 0.259. The molecule has 0 radical (unpaired) electrons. The minimum atomic E-state index is -0.684. The molecule has 1 N–H and O–H groups in total. The Morgan fingerprint density at radius 1 is 0.973 bits per heavy atom. The van der Waals surface area contributed by atoms with Crippen molar-refractivity contribution in [2.24, 2.45) is 0 Å². The van der Waals surface area contributed by atoms with Gasteiger partial charge in [-0.25, -0.2) is 0 Å². The summed E-state index contributed by atoms with van der Waals surface area (Å²) in [4.78, 5) is 29.0. The molecule has 194 valence electrons. The first-order valence-electron chi connectivity index (χ1n) is 12.3. The monoisotopic (exact) mass is 646 g/mol. The second kappa shape index (κ2) is 13.4. The SMILES string of the molecule is O=C(NC1CCCC1)C(Cc1ccccc1)N(Cc1ccc(Br)cc1)C(=O)COc1ccc(Cl)cc1Br. The number of ether oxygens (including phenoxy) is 1. The van der Waals surface area contributed by atoms with Crippen molar-refractivity contribution in [3.8, 4) is 5.75 Å². The van der Waals surface area contributed by atoms with Crippen molar-refractivity contribution in [1.29, 1.82) is 0 Å². The average molecular weight is 649 g/mol. The Morgan fingerprint density at radius 3 is 2.35 bits per heavy atom. The molecule has 1 aliphatic carbocycles. The van der Waals surface area contributed by atoms with Gasteiger partial charge in [-0.2, -0.15) is 0 Å². The first kappa shape index (κ1) is 27.7. The molecule has 1 fully saturated rings. The third kappa shape index (κ3) is 8.06. The lowest BCUT2D eigenvalue weighted by molar-refractivity contribution is -0.143. The predicted octanol–water partition coefficient (Wildman–Crippen LogP) is 6.94. The van der Waals surface area contributed by atoms with Gasteiger partial charge in [0.15, 0.2) is 6.61 Å². The van der Waals surface area contributed by atoms with Crippen molar-refractivity contribution < 1.29 is 14.3 Å². The number of hydrogen-bond acceptors (Lipinski definition) is 3. The maximum atomic E-state index is 13.7. The first-order valence-corrected chi connectivity index (χ1v) is 14.3. The van der Waals surface area contributed by atoms with Crippen LogP contribution < -0.4 is 10.1 Å². The Balaban J connectivity index is 1.61. The minimum Gasteiger partial charge on any atom is -0.483 e. The molecule has 2 amide bonds. The maximum Gasteiger partial charge on any atom is 0.261 e. The zero-order chi connectivity index (χ0) is 26.2. The Bertz CT molecular complexity index is 1200. The number of rotatable bonds is 10. The van der Waals surface area contributed by atoms with E-state index in [0.717, 1.165) is 41.3 Å². The molecule has 1 atom stereocenters. The van der Waals surface area contributed by atoms with E-state index in [9.17, 15) is 9.59 Å². The van der Waals surface area contributed by atoms with Gasteiger partial charge in [0.25, 0.3) is 5.91 Å². The summed E-state index contributed by atoms with van der Waals surface area (Å²) in [5.74, 6) is 0.109. The molecule has 1 aliphatic rings. The first-order chi connectivity index (χ1) is 17.9. The highest BCUT2D eigenvalue weighted by atomic mass is 79.9. The number of carbonyl (C=O) groups is 2. The van der Waals surface area contributed by atoms with Gasteiger partial charge >= 0.3 is 0 Å². The van der Waals surface area contributed by atoms with Crippen LogP contribution >= 0.6 is 43.5 Å². The molecule has 1 saturated carbocycles. The molecular formula is C29H29Br2ClN2O3. The largest absolute Gasteiger partial charge is 0.483 e. The predicted molar refractivity (Wildman–Crippen MR) is 154 cm³/mol. The number of benzene rings is 3. The fraction of sp³-hybridized carbons (Fsp3) is 0.310. The minimum absolute atomic E-state index is 0.131. The summed E-state index contributed by atoms with van der Waals surface area (Å²) in [6, 6.07) is 22.2. The van der Waals surface area contributed by atoms with Gasteiger partial charge in [-0.1, -0.05) is 82.8 Å². The zero-order valence-corrected chi connectivity index (χ0v) is 24.3. The second-order valence-corrected chi connectivity index (χ2v) is 11.4. The Kier molecular flexibility index (Phi) is 10.1. The van der Waals surface area contributed by atoms with E-state index in [-0.39, 0.29) is 31.0 Å². The summed E-state index contributed by atoms with van der Waals surface area (Å²) >= 11 is 13.0. The lowest BCUT2D eigenvalue weighted by Crippen LogP contribution is -2.53. The van der Waals surface area contributed by atoms with E-state index in [1.165, 1.54) is 0 Å². The molecule has 5 nitrogen and oxygen atoms in total. The molecular weight excluding hydrogens is 620 g/mol. The van der Waals surface area contributed by atoms with Gasteiger partial charge in [0.2, 0.25) is 5.91 Å². The van der Waals surface area contributed by atoms with E-state index in [1.54, 1.807) is 23.1 Å². The van der Waals surface area contributed by atoms with Crippen LogP contribution in [0.2, 0.25) is 5.02 Å². The third-order valence-corrected chi connectivity index (χ3v) is 7.87. The van der Waals surface area contributed by atoms with Crippen molar-refractivity contribution in [2.75, 3.05) is 6.61 Å². The van der Waals surface area contributed by atoms with Gasteiger partial charge in [-0.3, -0.25) is 9.59 Å². The van der Waals surface area contributed by atoms with Gasteiger partial charge in [0.05, 0.1) is 4.47 Å². The summed E-state index contributed by atoms with van der Waals surface area (Å²) in [7, 11) is 0. The summed E-state index contributed by atoms with van der Waals surface area (Å²) in [6.07, 6.45) is 4.57. The van der Waals surface area contributed by atoms with Crippen molar-refractivity contribution in [3.63, 3.8) is 0 Å². The topological polar surface area (TPSA) is 58.6 Å². The van der Waals surface area contributed by atoms with Crippen molar-refractivity contribution in [3.05, 3.63) is 97.9 Å². The Labute approximate surface area is 239 Å².